The van der Waals surface area contributed by atoms with Crippen LogP contribution in [0, 0.1) is 29.6 Å². The number of rotatable bonds is 9. The van der Waals surface area contributed by atoms with Crippen molar-refractivity contribution in [2.24, 2.45) is 34.7 Å². The molecule has 4 aliphatic rings. The molecule has 3 heterocycles. The number of carbonyl (C=O) groups excluding carboxylic acids is 3. The van der Waals surface area contributed by atoms with Crippen LogP contribution in [0.1, 0.15) is 29.7 Å². The van der Waals surface area contributed by atoms with E-state index in [1.807, 2.05) is 37.3 Å². The number of hydrogen-bond donors (Lipinski definition) is 3. The number of fused-ring (bicyclic) bond motifs is 9. The fourth-order valence-corrected chi connectivity index (χ4v) is 11.8. The number of nitrogens with one attached hydrogen (secondary N) is 2. The van der Waals surface area contributed by atoms with Gasteiger partial charge in [-0.2, -0.15) is 0 Å². The first-order valence-electron chi connectivity index (χ1n) is 16.2. The van der Waals surface area contributed by atoms with E-state index in [2.05, 4.69) is 10.3 Å². The number of aromatic amines is 1. The number of thiazole rings is 1. The van der Waals surface area contributed by atoms with Crippen LogP contribution >= 0.6 is 23.1 Å². The quantitative estimate of drug-likeness (QED) is 0.213. The molecule has 4 aromatic rings. The first-order chi connectivity index (χ1) is 24.0. The van der Waals surface area contributed by atoms with Gasteiger partial charge in [-0.05, 0) is 85.2 Å². The lowest BCUT2D eigenvalue weighted by Crippen LogP contribution is -2.42. The van der Waals surface area contributed by atoms with Gasteiger partial charge in [-0.3, -0.25) is 24.1 Å². The van der Waals surface area contributed by atoms with Crippen molar-refractivity contribution in [2.75, 3.05) is 23.4 Å². The Morgan fingerprint density at radius 2 is 1.68 bits per heavy atom. The highest BCUT2D eigenvalue weighted by Gasteiger charge is 2.69. The number of ether oxygens (including phenoxy) is 2. The van der Waals surface area contributed by atoms with E-state index in [9.17, 15) is 27.6 Å². The van der Waals surface area contributed by atoms with Crippen molar-refractivity contribution in [3.63, 3.8) is 0 Å². The Labute approximate surface area is 295 Å². The van der Waals surface area contributed by atoms with Crippen LogP contribution < -0.4 is 29.7 Å². The van der Waals surface area contributed by atoms with Gasteiger partial charge in [0.15, 0.2) is 18.1 Å². The molecule has 3 fully saturated rings. The fourth-order valence-electron chi connectivity index (χ4n) is 8.40. The summed E-state index contributed by atoms with van der Waals surface area (Å²) in [6, 6.07) is 20.1. The monoisotopic (exact) mass is 732 g/mol. The summed E-state index contributed by atoms with van der Waals surface area (Å²) in [7, 11) is -3.86. The molecule has 15 heteroatoms. The van der Waals surface area contributed by atoms with Gasteiger partial charge < -0.3 is 19.8 Å². The number of anilines is 2. The van der Waals surface area contributed by atoms with Gasteiger partial charge in [0.1, 0.15) is 0 Å². The Balaban J connectivity index is 1.07. The third kappa shape index (κ3) is 5.43. The van der Waals surface area contributed by atoms with E-state index in [1.165, 1.54) is 40.5 Å². The minimum Gasteiger partial charge on any atom is -0.490 e. The molecule has 2 aliphatic carbocycles. The Bertz CT molecular complexity index is 2190. The molecule has 2 bridgehead atoms. The molecule has 3 amide bonds. The van der Waals surface area contributed by atoms with Gasteiger partial charge in [0.05, 0.1) is 34.1 Å². The van der Waals surface area contributed by atoms with Gasteiger partial charge in [0.2, 0.25) is 21.8 Å². The minimum absolute atomic E-state index is 0.00495. The van der Waals surface area contributed by atoms with Gasteiger partial charge in [0.25, 0.3) is 5.91 Å². The van der Waals surface area contributed by atoms with E-state index in [0.717, 1.165) is 21.9 Å². The maximum Gasteiger partial charge on any atom is 0.305 e. The zero-order valence-electron chi connectivity index (χ0n) is 26.6. The Morgan fingerprint density at radius 1 is 0.960 bits per heavy atom. The standard InChI is InChI=1S/C35H32N4O8S3/c1-2-46-24-14-17(8-13-23(24)47-16-25(40)37-18-9-11-20(12-10-18)50(36,44)45)26-27-21-15-22(30(27)48-32-31(26)49-35(43)38-32)29-28(21)33(41)39(34(29)42)19-6-4-3-5-7-19/h3-14,21-22,26-30H,2,15-16H2,1H3,(H,37,40)(H,38,43)(H2,36,44,45)/t21-,22-,26+,27-,28+,29+,30-/m1/s1. The number of para-hydroxylation sites is 1. The summed E-state index contributed by atoms with van der Waals surface area (Å²) >= 11 is 2.80. The molecule has 8 rings (SSSR count). The highest BCUT2D eigenvalue weighted by molar-refractivity contribution is 8.00. The highest BCUT2D eigenvalue weighted by Crippen LogP contribution is 2.68. The molecule has 12 nitrogen and oxygen atoms in total. The number of carbonyl (C=O) groups is 3. The van der Waals surface area contributed by atoms with Crippen LogP contribution in [0.2, 0.25) is 0 Å². The number of benzene rings is 3. The molecule has 1 saturated heterocycles. The molecule has 7 atom stereocenters. The largest absolute Gasteiger partial charge is 0.490 e. The molecule has 2 aliphatic heterocycles. The molecular weight excluding hydrogens is 701 g/mol. The van der Waals surface area contributed by atoms with Crippen molar-refractivity contribution in [1.82, 2.24) is 4.98 Å². The molecule has 0 unspecified atom stereocenters. The summed E-state index contributed by atoms with van der Waals surface area (Å²) in [6.07, 6.45) is 0.771. The van der Waals surface area contributed by atoms with Gasteiger partial charge >= 0.3 is 4.87 Å². The lowest BCUT2D eigenvalue weighted by molar-refractivity contribution is -0.123. The normalized spacial score (nSPS) is 26.4. The first-order valence-corrected chi connectivity index (χ1v) is 19.4. The predicted molar refractivity (Wildman–Crippen MR) is 187 cm³/mol. The maximum absolute atomic E-state index is 14.0. The molecule has 3 aromatic carbocycles. The van der Waals surface area contributed by atoms with Crippen molar-refractivity contribution in [1.29, 1.82) is 0 Å². The zero-order valence-corrected chi connectivity index (χ0v) is 29.1. The van der Waals surface area contributed by atoms with Crippen LogP contribution in [0.4, 0.5) is 11.4 Å². The van der Waals surface area contributed by atoms with Gasteiger partial charge in [-0.25, -0.2) is 13.6 Å². The van der Waals surface area contributed by atoms with E-state index in [1.54, 1.807) is 30.0 Å². The van der Waals surface area contributed by atoms with E-state index in [4.69, 9.17) is 14.6 Å². The number of sulfonamides is 1. The second kappa shape index (κ2) is 12.4. The van der Waals surface area contributed by atoms with Crippen molar-refractivity contribution < 1.29 is 32.3 Å². The number of primary sulfonamides is 1. The summed E-state index contributed by atoms with van der Waals surface area (Å²) in [4.78, 5) is 58.3. The zero-order chi connectivity index (χ0) is 34.9. The van der Waals surface area contributed by atoms with E-state index in [0.29, 0.717) is 29.5 Å². The number of nitrogens with zero attached hydrogens (tertiary/aromatic N) is 1. The summed E-state index contributed by atoms with van der Waals surface area (Å²) in [6.45, 7) is 1.83. The molecule has 0 radical (unpaired) electrons. The summed E-state index contributed by atoms with van der Waals surface area (Å²) in [5, 5.41) is 8.65. The summed E-state index contributed by atoms with van der Waals surface area (Å²) in [5.74, 6) is -1.04. The maximum atomic E-state index is 14.0. The Kier molecular flexibility index (Phi) is 8.12. The molecule has 50 heavy (non-hydrogen) atoms. The summed E-state index contributed by atoms with van der Waals surface area (Å²) in [5.41, 5.74) is 1.87. The van der Waals surface area contributed by atoms with Gasteiger partial charge in [-0.1, -0.05) is 35.6 Å². The molecule has 2 saturated carbocycles. The molecule has 258 valence electrons. The molecule has 1 aromatic heterocycles. The predicted octanol–water partition coefficient (Wildman–Crippen LogP) is 4.18. The van der Waals surface area contributed by atoms with Gasteiger partial charge in [-0.15, -0.1) is 11.8 Å². The second-order valence-electron chi connectivity index (χ2n) is 12.9. The SMILES string of the molecule is CCOc1cc([C@@H]2c3sc(=O)[nH]c3S[C@@H]3[C@@H]4C[C@@H]([C@@H]5C(=O)N(c6ccccc6)C(=O)[C@@H]45)[C@H]23)ccc1OCC(=O)Nc1ccc(S(N)(=O)=O)cc1. The number of imide groups is 1. The topological polar surface area (TPSA) is 178 Å². The van der Waals surface area contributed by atoms with E-state index < -0.39 is 21.8 Å². The summed E-state index contributed by atoms with van der Waals surface area (Å²) < 4.78 is 34.9. The molecule has 0 spiro atoms. The van der Waals surface area contributed by atoms with Crippen molar-refractivity contribution in [3.8, 4) is 11.5 Å². The van der Waals surface area contributed by atoms with Crippen LogP contribution in [-0.4, -0.2) is 49.6 Å². The Morgan fingerprint density at radius 3 is 2.38 bits per heavy atom. The van der Waals surface area contributed by atoms with Crippen LogP contribution in [0.3, 0.4) is 0 Å². The van der Waals surface area contributed by atoms with Crippen molar-refractivity contribution in [2.45, 2.75) is 34.4 Å². The number of nitrogens with two attached hydrogens (primary N) is 1. The average Bonchev–Trinajstić information content (AvgIpc) is 3.83. The number of thioether (sulfide) groups is 1. The number of H-pyrrole nitrogens is 1. The van der Waals surface area contributed by atoms with Crippen LogP contribution in [0.15, 0.2) is 87.5 Å². The van der Waals surface area contributed by atoms with Crippen molar-refractivity contribution in [3.05, 3.63) is 92.9 Å². The highest BCUT2D eigenvalue weighted by atomic mass is 32.2. The lowest BCUT2D eigenvalue weighted by atomic mass is 9.68. The minimum atomic E-state index is -3.86. The fraction of sp³-hybridized carbons (Fsp3) is 0.314. The van der Waals surface area contributed by atoms with E-state index >= 15 is 0 Å². The molecule has 4 N–H and O–H groups in total. The third-order valence-corrected chi connectivity index (χ3v) is 13.7. The number of hydrogen-bond acceptors (Lipinski definition) is 10. The average molecular weight is 733 g/mol. The van der Waals surface area contributed by atoms with Crippen LogP contribution in [0.25, 0.3) is 0 Å². The smallest absolute Gasteiger partial charge is 0.305 e. The Hall–Kier alpha value is -4.44. The number of aromatic nitrogens is 1. The molecular formula is C35H32N4O8S3. The van der Waals surface area contributed by atoms with Gasteiger partial charge in [0, 0.05) is 21.7 Å². The second-order valence-corrected chi connectivity index (χ2v) is 16.6. The van der Waals surface area contributed by atoms with Crippen molar-refractivity contribution >= 4 is 62.2 Å². The van der Waals surface area contributed by atoms with Crippen LogP contribution in [-0.2, 0) is 24.4 Å². The van der Waals surface area contributed by atoms with E-state index in [-0.39, 0.29) is 63.0 Å². The van der Waals surface area contributed by atoms with Crippen LogP contribution in [0.5, 0.6) is 11.5 Å². The third-order valence-electron chi connectivity index (χ3n) is 10.2. The number of amides is 3. The first kappa shape index (κ1) is 32.7. The lowest BCUT2D eigenvalue weighted by Gasteiger charge is -2.43.